The summed E-state index contributed by atoms with van der Waals surface area (Å²) < 4.78 is 30.5. The maximum atomic E-state index is 13.4. The summed E-state index contributed by atoms with van der Waals surface area (Å²) in [5.41, 5.74) is 1.28. The van der Waals surface area contributed by atoms with Crippen molar-refractivity contribution in [3.8, 4) is 11.5 Å². The van der Waals surface area contributed by atoms with Crippen LogP contribution in [0.2, 0.25) is 5.02 Å². The molecule has 1 atom stereocenters. The number of rotatable bonds is 6. The Kier molecular flexibility index (Phi) is 5.94. The summed E-state index contributed by atoms with van der Waals surface area (Å²) in [7, 11) is 1.58. The van der Waals surface area contributed by atoms with Gasteiger partial charge in [0.1, 0.15) is 30.7 Å². The Balaban J connectivity index is 1.63. The van der Waals surface area contributed by atoms with Crippen molar-refractivity contribution < 1.29 is 18.6 Å². The first-order valence-corrected chi connectivity index (χ1v) is 9.52. The number of nitrogens with one attached hydrogen (secondary N) is 2. The normalized spacial score (nSPS) is 16.6. The fourth-order valence-electron chi connectivity index (χ4n) is 3.06. The Labute approximate surface area is 172 Å². The van der Waals surface area contributed by atoms with Gasteiger partial charge < -0.3 is 24.8 Å². The molecule has 2 N–H and O–H groups in total. The summed E-state index contributed by atoms with van der Waals surface area (Å²) in [5, 5.41) is 7.18. The van der Waals surface area contributed by atoms with Gasteiger partial charge >= 0.3 is 0 Å². The molecule has 29 heavy (non-hydrogen) atoms. The first-order chi connectivity index (χ1) is 14.1. The Morgan fingerprint density at radius 2 is 2.17 bits per heavy atom. The van der Waals surface area contributed by atoms with E-state index in [0.717, 1.165) is 18.5 Å². The quantitative estimate of drug-likeness (QED) is 0.634. The third-order valence-electron chi connectivity index (χ3n) is 4.53. The summed E-state index contributed by atoms with van der Waals surface area (Å²) in [6.07, 6.45) is 1.41. The Hall–Kier alpha value is -2.68. The molecule has 3 aromatic rings. The predicted molar refractivity (Wildman–Crippen MR) is 109 cm³/mol. The lowest BCUT2D eigenvalue weighted by Crippen LogP contribution is -2.41. The molecule has 0 amide bonds. The van der Waals surface area contributed by atoms with E-state index in [-0.39, 0.29) is 11.1 Å². The molecule has 0 radical (unpaired) electrons. The van der Waals surface area contributed by atoms with Crippen LogP contribution in [0, 0.1) is 5.82 Å². The lowest BCUT2D eigenvalue weighted by Gasteiger charge is -2.24. The van der Waals surface area contributed by atoms with Crippen LogP contribution in [0.1, 0.15) is 0 Å². The zero-order valence-corrected chi connectivity index (χ0v) is 16.5. The van der Waals surface area contributed by atoms with Crippen molar-refractivity contribution in [2.45, 2.75) is 6.10 Å². The van der Waals surface area contributed by atoms with Gasteiger partial charge in [-0.25, -0.2) is 14.4 Å². The van der Waals surface area contributed by atoms with Crippen LogP contribution in [0.3, 0.4) is 0 Å². The molecule has 1 fully saturated rings. The lowest BCUT2D eigenvalue weighted by atomic mass is 10.2. The zero-order chi connectivity index (χ0) is 20.2. The number of ether oxygens (including phenoxy) is 3. The van der Waals surface area contributed by atoms with E-state index in [1.54, 1.807) is 19.2 Å². The van der Waals surface area contributed by atoms with Crippen molar-refractivity contribution in [1.82, 2.24) is 15.3 Å². The van der Waals surface area contributed by atoms with E-state index >= 15 is 0 Å². The molecule has 0 bridgehead atoms. The van der Waals surface area contributed by atoms with Gasteiger partial charge in [-0.1, -0.05) is 11.6 Å². The van der Waals surface area contributed by atoms with E-state index < -0.39 is 5.82 Å². The molecule has 0 saturated carbocycles. The Morgan fingerprint density at radius 3 is 2.93 bits per heavy atom. The molecule has 1 aromatic heterocycles. The molecular formula is C20H20ClFN4O3. The van der Waals surface area contributed by atoms with Crippen LogP contribution in [0.4, 0.5) is 15.9 Å². The van der Waals surface area contributed by atoms with E-state index in [1.165, 1.54) is 18.5 Å². The number of hydrogen-bond donors (Lipinski definition) is 2. The molecule has 4 rings (SSSR count). The third-order valence-corrected chi connectivity index (χ3v) is 4.82. The third kappa shape index (κ3) is 4.50. The number of nitrogens with zero attached hydrogens (tertiary/aromatic N) is 2. The second kappa shape index (κ2) is 8.77. The Bertz CT molecular complexity index is 1010. The lowest BCUT2D eigenvalue weighted by molar-refractivity contribution is -0.000232. The first kappa shape index (κ1) is 19.6. The molecule has 7 nitrogen and oxygen atoms in total. The number of hydrogen-bond acceptors (Lipinski definition) is 7. The van der Waals surface area contributed by atoms with Crippen LogP contribution in [-0.2, 0) is 4.74 Å². The van der Waals surface area contributed by atoms with Gasteiger partial charge in [0.2, 0.25) is 0 Å². The monoisotopic (exact) mass is 418 g/mol. The van der Waals surface area contributed by atoms with Gasteiger partial charge in [0.05, 0.1) is 24.3 Å². The molecule has 2 aromatic carbocycles. The smallest absolute Gasteiger partial charge is 0.162 e. The maximum Gasteiger partial charge on any atom is 0.162 e. The molecule has 0 aliphatic carbocycles. The van der Waals surface area contributed by atoms with Gasteiger partial charge in [0.15, 0.2) is 11.5 Å². The molecule has 1 unspecified atom stereocenters. The number of aromatic nitrogens is 2. The van der Waals surface area contributed by atoms with Crippen LogP contribution in [-0.4, -0.2) is 49.5 Å². The topological polar surface area (TPSA) is 77.5 Å². The van der Waals surface area contributed by atoms with Crippen LogP contribution >= 0.6 is 11.6 Å². The van der Waals surface area contributed by atoms with Gasteiger partial charge in [-0.2, -0.15) is 0 Å². The van der Waals surface area contributed by atoms with E-state index in [0.29, 0.717) is 41.7 Å². The Morgan fingerprint density at radius 1 is 1.28 bits per heavy atom. The second-order valence-electron chi connectivity index (χ2n) is 6.50. The first-order valence-electron chi connectivity index (χ1n) is 9.14. The zero-order valence-electron chi connectivity index (χ0n) is 15.7. The summed E-state index contributed by atoms with van der Waals surface area (Å²) in [6.45, 7) is 2.62. The van der Waals surface area contributed by atoms with Crippen LogP contribution in [0.25, 0.3) is 10.9 Å². The highest BCUT2D eigenvalue weighted by atomic mass is 35.5. The average Bonchev–Trinajstić information content (AvgIpc) is 2.75. The highest BCUT2D eigenvalue weighted by Gasteiger charge is 2.17. The van der Waals surface area contributed by atoms with E-state index in [1.807, 2.05) is 6.07 Å². The standard InChI is InChI=1S/C20H20ClFN4O3/c1-27-18-8-17-14(7-19(18)29-10-13-9-23-4-5-28-13)20(25-11-24-17)26-12-2-3-16(22)15(21)6-12/h2-3,6-8,11,13,23H,4-5,9-10H2,1H3,(H,24,25,26). The van der Waals surface area contributed by atoms with Gasteiger partial charge in [0, 0.05) is 30.2 Å². The van der Waals surface area contributed by atoms with Crippen molar-refractivity contribution in [1.29, 1.82) is 0 Å². The van der Waals surface area contributed by atoms with Crippen molar-refractivity contribution in [2.24, 2.45) is 0 Å². The van der Waals surface area contributed by atoms with Crippen molar-refractivity contribution in [2.75, 3.05) is 38.7 Å². The molecule has 1 aliphatic rings. The van der Waals surface area contributed by atoms with E-state index in [2.05, 4.69) is 20.6 Å². The van der Waals surface area contributed by atoms with Gasteiger partial charge in [-0.05, 0) is 24.3 Å². The van der Waals surface area contributed by atoms with Gasteiger partial charge in [-0.3, -0.25) is 0 Å². The van der Waals surface area contributed by atoms with Crippen LogP contribution in [0.15, 0.2) is 36.7 Å². The fourth-order valence-corrected chi connectivity index (χ4v) is 3.24. The highest BCUT2D eigenvalue weighted by Crippen LogP contribution is 2.35. The van der Waals surface area contributed by atoms with Crippen LogP contribution < -0.4 is 20.1 Å². The van der Waals surface area contributed by atoms with Crippen molar-refractivity contribution in [3.63, 3.8) is 0 Å². The molecule has 1 saturated heterocycles. The number of fused-ring (bicyclic) bond motifs is 1. The molecule has 1 aliphatic heterocycles. The summed E-state index contributed by atoms with van der Waals surface area (Å²) in [4.78, 5) is 8.62. The summed E-state index contributed by atoms with van der Waals surface area (Å²) >= 11 is 5.88. The summed E-state index contributed by atoms with van der Waals surface area (Å²) in [6, 6.07) is 7.99. The van der Waals surface area contributed by atoms with Crippen molar-refractivity contribution >= 4 is 34.0 Å². The maximum absolute atomic E-state index is 13.4. The van der Waals surface area contributed by atoms with Crippen LogP contribution in [0.5, 0.6) is 11.5 Å². The SMILES string of the molecule is COc1cc2ncnc(Nc3ccc(F)c(Cl)c3)c2cc1OCC1CNCCO1. The number of benzene rings is 2. The largest absolute Gasteiger partial charge is 0.493 e. The fraction of sp³-hybridized carbons (Fsp3) is 0.300. The second-order valence-corrected chi connectivity index (χ2v) is 6.91. The highest BCUT2D eigenvalue weighted by molar-refractivity contribution is 6.31. The van der Waals surface area contributed by atoms with E-state index in [9.17, 15) is 4.39 Å². The molecule has 9 heteroatoms. The molecule has 0 spiro atoms. The minimum atomic E-state index is -0.482. The minimum absolute atomic E-state index is 0.0279. The predicted octanol–water partition coefficient (Wildman–Crippen LogP) is 3.54. The summed E-state index contributed by atoms with van der Waals surface area (Å²) in [5.74, 6) is 1.19. The van der Waals surface area contributed by atoms with Gasteiger partial charge in [-0.15, -0.1) is 0 Å². The number of morpholine rings is 1. The van der Waals surface area contributed by atoms with Gasteiger partial charge in [0.25, 0.3) is 0 Å². The minimum Gasteiger partial charge on any atom is -0.493 e. The van der Waals surface area contributed by atoms with E-state index in [4.69, 9.17) is 25.8 Å². The number of halogens is 2. The van der Waals surface area contributed by atoms with Crippen molar-refractivity contribution in [3.05, 3.63) is 47.5 Å². The average molecular weight is 419 g/mol. The molecule has 152 valence electrons. The number of methoxy groups -OCH3 is 1. The molecular weight excluding hydrogens is 399 g/mol. The molecule has 2 heterocycles. The number of anilines is 2.